The number of nitrogens with one attached hydrogen (secondary N) is 1. The number of hydrogen-bond acceptors (Lipinski definition) is 5. The van der Waals surface area contributed by atoms with Crippen LogP contribution in [0.5, 0.6) is 0 Å². The van der Waals surface area contributed by atoms with Gasteiger partial charge in [-0.15, -0.1) is 0 Å². The Morgan fingerprint density at radius 2 is 1.88 bits per heavy atom. The largest absolute Gasteiger partial charge is 0.364 e. The second-order valence-corrected chi connectivity index (χ2v) is 6.45. The quantitative estimate of drug-likeness (QED) is 0.916. The maximum Gasteiger partial charge on any atom is 0.182 e. The van der Waals surface area contributed by atoms with Crippen molar-refractivity contribution in [3.05, 3.63) is 53.5 Å². The molecule has 1 aromatic heterocycles. The van der Waals surface area contributed by atoms with Crippen LogP contribution >= 0.6 is 0 Å². The van der Waals surface area contributed by atoms with Crippen LogP contribution in [0.25, 0.3) is 0 Å². The number of aromatic nitrogens is 2. The van der Waals surface area contributed by atoms with E-state index in [1.807, 2.05) is 0 Å². The Morgan fingerprint density at radius 1 is 1.17 bits per heavy atom. The number of likely N-dealkylation sites (tertiary alicyclic amines) is 1. The first-order chi connectivity index (χ1) is 11.8. The van der Waals surface area contributed by atoms with Gasteiger partial charge in [0.25, 0.3) is 0 Å². The standard InChI is InChI=1S/C19H23N5/c1-15-6-10-24(11-7-15)14-17-5-3-2-4-16(17)13-23-19-18(12-20)21-8-9-22-19/h2-5,8-9,15H,6-7,10-11,13-14H2,1H3,(H,22,23). The van der Waals surface area contributed by atoms with Crippen molar-refractivity contribution in [2.45, 2.75) is 32.9 Å². The van der Waals surface area contributed by atoms with Gasteiger partial charge in [-0.2, -0.15) is 5.26 Å². The Labute approximate surface area is 143 Å². The zero-order valence-electron chi connectivity index (χ0n) is 14.1. The third kappa shape index (κ3) is 4.09. The molecule has 1 aliphatic rings. The molecule has 2 heterocycles. The molecule has 24 heavy (non-hydrogen) atoms. The van der Waals surface area contributed by atoms with Crippen LogP contribution in [-0.2, 0) is 13.1 Å². The molecular formula is C19H23N5. The molecule has 0 spiro atoms. The molecule has 3 rings (SSSR count). The normalized spacial score (nSPS) is 15.8. The third-order valence-electron chi connectivity index (χ3n) is 4.64. The lowest BCUT2D eigenvalue weighted by Crippen LogP contribution is -2.32. The first kappa shape index (κ1) is 16.4. The van der Waals surface area contributed by atoms with Crippen molar-refractivity contribution < 1.29 is 0 Å². The van der Waals surface area contributed by atoms with Crippen LogP contribution in [-0.4, -0.2) is 28.0 Å². The molecule has 0 saturated carbocycles. The number of benzene rings is 1. The van der Waals surface area contributed by atoms with Crippen molar-refractivity contribution in [3.63, 3.8) is 0 Å². The van der Waals surface area contributed by atoms with E-state index in [0.29, 0.717) is 18.1 Å². The van der Waals surface area contributed by atoms with E-state index < -0.39 is 0 Å². The van der Waals surface area contributed by atoms with Crippen molar-refractivity contribution in [2.75, 3.05) is 18.4 Å². The summed E-state index contributed by atoms with van der Waals surface area (Å²) < 4.78 is 0. The van der Waals surface area contributed by atoms with Crippen molar-refractivity contribution >= 4 is 5.82 Å². The fourth-order valence-corrected chi connectivity index (χ4v) is 3.07. The number of anilines is 1. The van der Waals surface area contributed by atoms with Crippen LogP contribution in [0.4, 0.5) is 5.82 Å². The molecular weight excluding hydrogens is 298 g/mol. The smallest absolute Gasteiger partial charge is 0.182 e. The molecule has 0 radical (unpaired) electrons. The van der Waals surface area contributed by atoms with E-state index in [4.69, 9.17) is 5.26 Å². The summed E-state index contributed by atoms with van der Waals surface area (Å²) in [5.74, 6) is 1.39. The van der Waals surface area contributed by atoms with Crippen LogP contribution in [0.15, 0.2) is 36.7 Å². The molecule has 2 aromatic rings. The van der Waals surface area contributed by atoms with Crippen molar-refractivity contribution in [1.82, 2.24) is 14.9 Å². The van der Waals surface area contributed by atoms with Gasteiger partial charge in [0.05, 0.1) is 0 Å². The number of nitriles is 1. The van der Waals surface area contributed by atoms with Gasteiger partial charge in [-0.3, -0.25) is 4.90 Å². The minimum absolute atomic E-state index is 0.333. The predicted molar refractivity (Wildman–Crippen MR) is 94.2 cm³/mol. The highest BCUT2D eigenvalue weighted by Gasteiger charge is 2.16. The summed E-state index contributed by atoms with van der Waals surface area (Å²) >= 11 is 0. The molecule has 0 amide bonds. The Balaban J connectivity index is 1.67. The summed E-state index contributed by atoms with van der Waals surface area (Å²) in [4.78, 5) is 10.8. The molecule has 1 aromatic carbocycles. The fraction of sp³-hybridized carbons (Fsp3) is 0.421. The molecule has 0 aliphatic carbocycles. The van der Waals surface area contributed by atoms with Gasteiger partial charge in [0, 0.05) is 25.5 Å². The Morgan fingerprint density at radius 3 is 2.62 bits per heavy atom. The SMILES string of the molecule is CC1CCN(Cc2ccccc2CNc2nccnc2C#N)CC1. The molecule has 124 valence electrons. The predicted octanol–water partition coefficient (Wildman–Crippen LogP) is 3.19. The lowest BCUT2D eigenvalue weighted by molar-refractivity contribution is 0.185. The Hall–Kier alpha value is -2.45. The summed E-state index contributed by atoms with van der Waals surface area (Å²) in [5, 5.41) is 12.4. The third-order valence-corrected chi connectivity index (χ3v) is 4.64. The lowest BCUT2D eigenvalue weighted by Gasteiger charge is -2.30. The minimum atomic E-state index is 0.333. The minimum Gasteiger partial charge on any atom is -0.364 e. The number of hydrogen-bond donors (Lipinski definition) is 1. The molecule has 5 nitrogen and oxygen atoms in total. The van der Waals surface area contributed by atoms with Crippen molar-refractivity contribution in [1.29, 1.82) is 5.26 Å². The van der Waals surface area contributed by atoms with Gasteiger partial charge in [-0.25, -0.2) is 9.97 Å². The van der Waals surface area contributed by atoms with E-state index in [0.717, 1.165) is 12.5 Å². The Bertz CT molecular complexity index is 714. The second kappa shape index (κ2) is 7.89. The average molecular weight is 321 g/mol. The van der Waals surface area contributed by atoms with Crippen LogP contribution in [0.3, 0.4) is 0 Å². The van der Waals surface area contributed by atoms with E-state index in [1.165, 1.54) is 43.3 Å². The maximum absolute atomic E-state index is 9.11. The van der Waals surface area contributed by atoms with E-state index in [-0.39, 0.29) is 0 Å². The van der Waals surface area contributed by atoms with Gasteiger partial charge >= 0.3 is 0 Å². The second-order valence-electron chi connectivity index (χ2n) is 6.45. The monoisotopic (exact) mass is 321 g/mol. The molecule has 5 heteroatoms. The molecule has 1 N–H and O–H groups in total. The van der Waals surface area contributed by atoms with Gasteiger partial charge in [0.15, 0.2) is 11.5 Å². The summed E-state index contributed by atoms with van der Waals surface area (Å²) in [5.41, 5.74) is 2.91. The van der Waals surface area contributed by atoms with E-state index in [9.17, 15) is 0 Å². The molecule has 1 fully saturated rings. The Kier molecular flexibility index (Phi) is 5.39. The fourth-order valence-electron chi connectivity index (χ4n) is 3.07. The first-order valence-corrected chi connectivity index (χ1v) is 8.50. The van der Waals surface area contributed by atoms with E-state index in [2.05, 4.69) is 57.4 Å². The maximum atomic E-state index is 9.11. The summed E-state index contributed by atoms with van der Waals surface area (Å²) in [6.45, 7) is 6.31. The topological polar surface area (TPSA) is 64.8 Å². The zero-order chi connectivity index (χ0) is 16.8. The summed E-state index contributed by atoms with van der Waals surface area (Å²) in [6.07, 6.45) is 5.70. The number of piperidine rings is 1. The van der Waals surface area contributed by atoms with Gasteiger partial charge in [0.2, 0.25) is 0 Å². The first-order valence-electron chi connectivity index (χ1n) is 8.50. The highest BCUT2D eigenvalue weighted by Crippen LogP contribution is 2.20. The van der Waals surface area contributed by atoms with E-state index >= 15 is 0 Å². The van der Waals surface area contributed by atoms with Crippen LogP contribution in [0, 0.1) is 17.2 Å². The van der Waals surface area contributed by atoms with Crippen LogP contribution in [0.1, 0.15) is 36.6 Å². The van der Waals surface area contributed by atoms with Gasteiger partial charge in [0.1, 0.15) is 6.07 Å². The molecule has 0 unspecified atom stereocenters. The van der Waals surface area contributed by atoms with Crippen LogP contribution in [0.2, 0.25) is 0 Å². The zero-order valence-corrected chi connectivity index (χ0v) is 14.1. The molecule has 1 saturated heterocycles. The van der Waals surface area contributed by atoms with E-state index in [1.54, 1.807) is 6.20 Å². The van der Waals surface area contributed by atoms with Crippen molar-refractivity contribution in [2.24, 2.45) is 5.92 Å². The summed E-state index contributed by atoms with van der Waals surface area (Å²) in [7, 11) is 0. The van der Waals surface area contributed by atoms with Crippen molar-refractivity contribution in [3.8, 4) is 6.07 Å². The average Bonchev–Trinajstić information content (AvgIpc) is 2.63. The highest BCUT2D eigenvalue weighted by molar-refractivity contribution is 5.47. The molecule has 1 aliphatic heterocycles. The highest BCUT2D eigenvalue weighted by atomic mass is 15.1. The van der Waals surface area contributed by atoms with Gasteiger partial charge in [-0.05, 0) is 43.0 Å². The molecule has 0 atom stereocenters. The number of nitrogens with zero attached hydrogens (tertiary/aromatic N) is 4. The molecule has 0 bridgehead atoms. The van der Waals surface area contributed by atoms with Gasteiger partial charge < -0.3 is 5.32 Å². The van der Waals surface area contributed by atoms with Gasteiger partial charge in [-0.1, -0.05) is 31.2 Å². The lowest BCUT2D eigenvalue weighted by atomic mass is 9.98. The van der Waals surface area contributed by atoms with Crippen LogP contribution < -0.4 is 5.32 Å². The summed E-state index contributed by atoms with van der Waals surface area (Å²) in [6, 6.07) is 10.5. The number of rotatable bonds is 5.